The molecule has 1 aromatic heterocycles. The van der Waals surface area contributed by atoms with Gasteiger partial charge in [-0.3, -0.25) is 0 Å². The summed E-state index contributed by atoms with van der Waals surface area (Å²) >= 11 is 0. The van der Waals surface area contributed by atoms with Crippen LogP contribution in [0.4, 0.5) is 5.95 Å². The fourth-order valence-corrected chi connectivity index (χ4v) is 1.49. The first-order valence-electron chi connectivity index (χ1n) is 7.37. The highest BCUT2D eigenvalue weighted by Crippen LogP contribution is 1.94. The number of aromatic nitrogens is 2. The summed E-state index contributed by atoms with van der Waals surface area (Å²) in [6, 6.07) is 1.79. The topological polar surface area (TPSA) is 91.5 Å². The molecule has 0 aliphatic carbocycles. The lowest BCUT2D eigenvalue weighted by molar-refractivity contribution is 0.0144. The van der Waals surface area contributed by atoms with Gasteiger partial charge in [0.1, 0.15) is 0 Å². The SMILES string of the molecule is NCCCOCCOCCOCCCNc1ncccn1. The van der Waals surface area contributed by atoms with E-state index in [1.54, 1.807) is 18.5 Å². The summed E-state index contributed by atoms with van der Waals surface area (Å²) in [5, 5.41) is 3.12. The molecule has 3 N–H and O–H groups in total. The Kier molecular flexibility index (Phi) is 11.6. The highest BCUT2D eigenvalue weighted by molar-refractivity contribution is 5.21. The molecule has 7 nitrogen and oxygen atoms in total. The lowest BCUT2D eigenvalue weighted by Gasteiger charge is -2.07. The summed E-state index contributed by atoms with van der Waals surface area (Å²) in [7, 11) is 0. The third-order valence-electron chi connectivity index (χ3n) is 2.55. The van der Waals surface area contributed by atoms with Crippen molar-refractivity contribution in [2.45, 2.75) is 12.8 Å². The van der Waals surface area contributed by atoms with E-state index in [2.05, 4.69) is 15.3 Å². The molecule has 120 valence electrons. The summed E-state index contributed by atoms with van der Waals surface area (Å²) < 4.78 is 16.1. The van der Waals surface area contributed by atoms with Gasteiger partial charge in [0.15, 0.2) is 0 Å². The molecule has 0 aliphatic heterocycles. The first kappa shape index (κ1) is 17.8. The van der Waals surface area contributed by atoms with Gasteiger partial charge in [0.2, 0.25) is 5.95 Å². The second-order valence-corrected chi connectivity index (χ2v) is 4.33. The van der Waals surface area contributed by atoms with Gasteiger partial charge in [-0.25, -0.2) is 9.97 Å². The van der Waals surface area contributed by atoms with Crippen LogP contribution in [0.25, 0.3) is 0 Å². The normalized spacial score (nSPS) is 10.7. The van der Waals surface area contributed by atoms with Crippen LogP contribution >= 0.6 is 0 Å². The van der Waals surface area contributed by atoms with Gasteiger partial charge in [-0.2, -0.15) is 0 Å². The summed E-state index contributed by atoms with van der Waals surface area (Å²) in [6.07, 6.45) is 5.22. The van der Waals surface area contributed by atoms with Gasteiger partial charge in [-0.15, -0.1) is 0 Å². The Morgan fingerprint density at radius 3 is 2.05 bits per heavy atom. The minimum atomic E-state index is 0.593. The van der Waals surface area contributed by atoms with E-state index in [-0.39, 0.29) is 0 Å². The molecule has 0 atom stereocenters. The van der Waals surface area contributed by atoms with Gasteiger partial charge in [-0.1, -0.05) is 0 Å². The van der Waals surface area contributed by atoms with Crippen molar-refractivity contribution in [1.82, 2.24) is 9.97 Å². The van der Waals surface area contributed by atoms with Crippen molar-refractivity contribution in [3.63, 3.8) is 0 Å². The van der Waals surface area contributed by atoms with Gasteiger partial charge < -0.3 is 25.3 Å². The largest absolute Gasteiger partial charge is 0.379 e. The van der Waals surface area contributed by atoms with Crippen molar-refractivity contribution >= 4 is 5.95 Å². The second kappa shape index (κ2) is 13.7. The third-order valence-corrected chi connectivity index (χ3v) is 2.55. The van der Waals surface area contributed by atoms with Crippen LogP contribution in [-0.4, -0.2) is 62.7 Å². The number of nitrogens with two attached hydrogens (primary N) is 1. The zero-order valence-electron chi connectivity index (χ0n) is 12.5. The summed E-state index contributed by atoms with van der Waals surface area (Å²) in [5.41, 5.74) is 5.35. The molecular formula is C14H26N4O3. The fourth-order valence-electron chi connectivity index (χ4n) is 1.49. The van der Waals surface area contributed by atoms with E-state index in [0.717, 1.165) is 19.4 Å². The zero-order valence-corrected chi connectivity index (χ0v) is 12.5. The Labute approximate surface area is 126 Å². The van der Waals surface area contributed by atoms with Crippen LogP contribution in [-0.2, 0) is 14.2 Å². The molecule has 0 unspecified atom stereocenters. The molecule has 1 aromatic rings. The number of anilines is 1. The Hall–Kier alpha value is -1.28. The molecule has 0 bridgehead atoms. The van der Waals surface area contributed by atoms with Crippen LogP contribution in [0.3, 0.4) is 0 Å². The Morgan fingerprint density at radius 2 is 1.43 bits per heavy atom. The van der Waals surface area contributed by atoms with Crippen LogP contribution in [0.15, 0.2) is 18.5 Å². The highest BCUT2D eigenvalue weighted by Gasteiger charge is 1.94. The van der Waals surface area contributed by atoms with E-state index in [0.29, 0.717) is 52.1 Å². The van der Waals surface area contributed by atoms with Crippen LogP contribution in [0.2, 0.25) is 0 Å². The molecule has 0 amide bonds. The Bertz CT molecular complexity index is 327. The average Bonchev–Trinajstić information content (AvgIpc) is 2.53. The van der Waals surface area contributed by atoms with Crippen molar-refractivity contribution < 1.29 is 14.2 Å². The predicted octanol–water partition coefficient (Wildman–Crippen LogP) is 0.677. The van der Waals surface area contributed by atoms with E-state index in [9.17, 15) is 0 Å². The minimum absolute atomic E-state index is 0.593. The van der Waals surface area contributed by atoms with Crippen molar-refractivity contribution in [3.8, 4) is 0 Å². The first-order valence-corrected chi connectivity index (χ1v) is 7.37. The van der Waals surface area contributed by atoms with Crippen LogP contribution in [0.1, 0.15) is 12.8 Å². The maximum Gasteiger partial charge on any atom is 0.222 e. The van der Waals surface area contributed by atoms with Crippen molar-refractivity contribution in [2.24, 2.45) is 5.73 Å². The number of rotatable bonds is 14. The van der Waals surface area contributed by atoms with Gasteiger partial charge in [0.25, 0.3) is 0 Å². The van der Waals surface area contributed by atoms with E-state index < -0.39 is 0 Å². The molecule has 0 aromatic carbocycles. The highest BCUT2D eigenvalue weighted by atomic mass is 16.5. The molecule has 0 aliphatic rings. The zero-order chi connectivity index (χ0) is 15.0. The maximum atomic E-state index is 5.45. The number of hydrogen-bond donors (Lipinski definition) is 2. The monoisotopic (exact) mass is 298 g/mol. The maximum absolute atomic E-state index is 5.45. The Balaban J connectivity index is 1.75. The summed E-state index contributed by atoms with van der Waals surface area (Å²) in [4.78, 5) is 8.14. The van der Waals surface area contributed by atoms with E-state index in [1.165, 1.54) is 0 Å². The van der Waals surface area contributed by atoms with Gasteiger partial charge in [0.05, 0.1) is 26.4 Å². The van der Waals surface area contributed by atoms with Crippen LogP contribution < -0.4 is 11.1 Å². The number of nitrogens with zero attached hydrogens (tertiary/aromatic N) is 2. The molecule has 1 rings (SSSR count). The smallest absolute Gasteiger partial charge is 0.222 e. The van der Waals surface area contributed by atoms with Crippen molar-refractivity contribution in [1.29, 1.82) is 0 Å². The number of ether oxygens (including phenoxy) is 3. The number of hydrogen-bond acceptors (Lipinski definition) is 7. The molecule has 0 spiro atoms. The van der Waals surface area contributed by atoms with Gasteiger partial charge >= 0.3 is 0 Å². The van der Waals surface area contributed by atoms with Crippen LogP contribution in [0, 0.1) is 0 Å². The summed E-state index contributed by atoms with van der Waals surface area (Å²) in [5.74, 6) is 0.649. The van der Waals surface area contributed by atoms with E-state index in [1.807, 2.05) is 0 Å². The lowest BCUT2D eigenvalue weighted by atomic mass is 10.4. The molecule has 0 radical (unpaired) electrons. The Morgan fingerprint density at radius 1 is 0.857 bits per heavy atom. The molecule has 0 saturated carbocycles. The standard InChI is InChI=1S/C14H26N4O3/c15-4-1-8-19-10-12-21-13-11-20-9-3-7-18-14-16-5-2-6-17-14/h2,5-6H,1,3-4,7-13,15H2,(H,16,17,18). The van der Waals surface area contributed by atoms with E-state index >= 15 is 0 Å². The second-order valence-electron chi connectivity index (χ2n) is 4.33. The molecule has 21 heavy (non-hydrogen) atoms. The first-order chi connectivity index (χ1) is 10.4. The number of nitrogens with one attached hydrogen (secondary N) is 1. The molecular weight excluding hydrogens is 272 g/mol. The van der Waals surface area contributed by atoms with Gasteiger partial charge in [-0.05, 0) is 25.5 Å². The van der Waals surface area contributed by atoms with Crippen molar-refractivity contribution in [2.75, 3.05) is 58.0 Å². The molecule has 0 fully saturated rings. The van der Waals surface area contributed by atoms with E-state index in [4.69, 9.17) is 19.9 Å². The van der Waals surface area contributed by atoms with Crippen molar-refractivity contribution in [3.05, 3.63) is 18.5 Å². The lowest BCUT2D eigenvalue weighted by Crippen LogP contribution is -2.12. The molecule has 0 saturated heterocycles. The average molecular weight is 298 g/mol. The van der Waals surface area contributed by atoms with Gasteiger partial charge in [0, 0.05) is 32.2 Å². The third kappa shape index (κ3) is 11.1. The molecule has 7 heteroatoms. The predicted molar refractivity (Wildman–Crippen MR) is 81.3 cm³/mol. The summed E-state index contributed by atoms with van der Waals surface area (Å²) in [6.45, 7) is 5.26. The van der Waals surface area contributed by atoms with Crippen LogP contribution in [0.5, 0.6) is 0 Å². The molecule has 1 heterocycles. The fraction of sp³-hybridized carbons (Fsp3) is 0.714. The minimum Gasteiger partial charge on any atom is -0.379 e. The quantitative estimate of drug-likeness (QED) is 0.488.